The maximum Gasteiger partial charge on any atom is 0.266 e. The van der Waals surface area contributed by atoms with Gasteiger partial charge in [0.25, 0.3) is 5.91 Å². The van der Waals surface area contributed by atoms with E-state index < -0.39 is 0 Å². The minimum atomic E-state index is 0.0161. The van der Waals surface area contributed by atoms with E-state index in [-0.39, 0.29) is 12.0 Å². The van der Waals surface area contributed by atoms with Crippen LogP contribution in [0, 0.1) is 0 Å². The molecule has 4 nitrogen and oxygen atoms in total. The number of piperidine rings is 1. The fourth-order valence-corrected chi connectivity index (χ4v) is 4.57. The van der Waals surface area contributed by atoms with Crippen molar-refractivity contribution >= 4 is 48.9 Å². The number of benzene rings is 1. The molecule has 3 rings (SSSR count). The number of methoxy groups -OCH3 is 1. The van der Waals surface area contributed by atoms with E-state index in [9.17, 15) is 4.79 Å². The Balaban J connectivity index is 1.95. The standard InChI is InChI=1S/C15H17BrN2O2S/c1-20-9-4-3-7-18(8-9)15(19)14-13(17)12-10(16)5-2-6-11(12)21-14/h2,5-6,9H,3-4,7-8,17H2,1H3. The summed E-state index contributed by atoms with van der Waals surface area (Å²) in [6.45, 7) is 1.41. The molecule has 1 aliphatic heterocycles. The van der Waals surface area contributed by atoms with E-state index in [1.807, 2.05) is 23.1 Å². The number of nitrogens with zero attached hydrogens (tertiary/aromatic N) is 1. The van der Waals surface area contributed by atoms with Gasteiger partial charge in [0.05, 0.1) is 11.8 Å². The predicted octanol–water partition coefficient (Wildman–Crippen LogP) is 3.50. The van der Waals surface area contributed by atoms with Crippen LogP contribution in [0.25, 0.3) is 10.1 Å². The highest BCUT2D eigenvalue weighted by Crippen LogP contribution is 2.39. The lowest BCUT2D eigenvalue weighted by Crippen LogP contribution is -2.42. The van der Waals surface area contributed by atoms with Gasteiger partial charge < -0.3 is 15.4 Å². The third-order valence-corrected chi connectivity index (χ3v) is 5.71. The number of nitrogens with two attached hydrogens (primary N) is 1. The number of anilines is 1. The summed E-state index contributed by atoms with van der Waals surface area (Å²) in [5.41, 5.74) is 6.79. The molecule has 1 aliphatic rings. The van der Waals surface area contributed by atoms with E-state index in [2.05, 4.69) is 15.9 Å². The molecule has 0 spiro atoms. The van der Waals surface area contributed by atoms with E-state index in [0.717, 1.165) is 33.9 Å². The lowest BCUT2D eigenvalue weighted by Gasteiger charge is -2.31. The van der Waals surface area contributed by atoms with Crippen LogP contribution < -0.4 is 5.73 Å². The number of likely N-dealkylation sites (tertiary alicyclic amines) is 1. The molecule has 0 bridgehead atoms. The Morgan fingerprint density at radius 3 is 3.05 bits per heavy atom. The molecule has 0 aliphatic carbocycles. The molecule has 1 fully saturated rings. The first-order valence-electron chi connectivity index (χ1n) is 6.90. The lowest BCUT2D eigenvalue weighted by atomic mass is 10.1. The van der Waals surface area contributed by atoms with Crippen molar-refractivity contribution in [2.75, 3.05) is 25.9 Å². The molecule has 1 saturated heterocycles. The van der Waals surface area contributed by atoms with E-state index >= 15 is 0 Å². The van der Waals surface area contributed by atoms with E-state index in [4.69, 9.17) is 10.5 Å². The number of thiophene rings is 1. The first kappa shape index (κ1) is 14.8. The maximum atomic E-state index is 12.7. The zero-order valence-electron chi connectivity index (χ0n) is 11.8. The molecule has 2 N–H and O–H groups in total. The van der Waals surface area contributed by atoms with E-state index in [0.29, 0.717) is 17.1 Å². The van der Waals surface area contributed by atoms with Crippen LogP contribution in [-0.4, -0.2) is 37.1 Å². The molecule has 1 amide bonds. The summed E-state index contributed by atoms with van der Waals surface area (Å²) in [6.07, 6.45) is 2.11. The summed E-state index contributed by atoms with van der Waals surface area (Å²) in [5.74, 6) is 0.0161. The van der Waals surface area contributed by atoms with Crippen LogP contribution >= 0.6 is 27.3 Å². The number of hydrogen-bond donors (Lipinski definition) is 1. The van der Waals surface area contributed by atoms with E-state index in [1.54, 1.807) is 7.11 Å². The molecule has 1 aromatic carbocycles. The number of carbonyl (C=O) groups excluding carboxylic acids is 1. The summed E-state index contributed by atoms with van der Waals surface area (Å²) < 4.78 is 7.35. The summed E-state index contributed by atoms with van der Waals surface area (Å²) >= 11 is 4.97. The molecule has 1 unspecified atom stereocenters. The molecule has 112 valence electrons. The minimum Gasteiger partial charge on any atom is -0.397 e. The highest BCUT2D eigenvalue weighted by molar-refractivity contribution is 9.10. The van der Waals surface area contributed by atoms with Crippen molar-refractivity contribution in [1.82, 2.24) is 4.90 Å². The summed E-state index contributed by atoms with van der Waals surface area (Å²) in [4.78, 5) is 15.2. The lowest BCUT2D eigenvalue weighted by molar-refractivity contribution is 0.0272. The van der Waals surface area contributed by atoms with Crippen molar-refractivity contribution in [2.45, 2.75) is 18.9 Å². The molecule has 21 heavy (non-hydrogen) atoms. The van der Waals surface area contributed by atoms with E-state index in [1.165, 1.54) is 11.3 Å². The predicted molar refractivity (Wildman–Crippen MR) is 89.9 cm³/mol. The van der Waals surface area contributed by atoms with Gasteiger partial charge in [-0.25, -0.2) is 0 Å². The van der Waals surface area contributed by atoms with Crippen LogP contribution in [0.15, 0.2) is 22.7 Å². The Bertz CT molecular complexity index is 686. The Kier molecular flexibility index (Phi) is 4.19. The van der Waals surface area contributed by atoms with Gasteiger partial charge in [0.2, 0.25) is 0 Å². The second kappa shape index (κ2) is 5.94. The molecule has 0 radical (unpaired) electrons. The third kappa shape index (κ3) is 2.67. The second-order valence-electron chi connectivity index (χ2n) is 5.21. The SMILES string of the molecule is COC1CCCN(C(=O)c2sc3cccc(Br)c3c2N)C1. The first-order chi connectivity index (χ1) is 10.1. The van der Waals surface area contributed by atoms with Gasteiger partial charge in [-0.2, -0.15) is 0 Å². The Morgan fingerprint density at radius 2 is 2.33 bits per heavy atom. The van der Waals surface area contributed by atoms with Crippen molar-refractivity contribution in [2.24, 2.45) is 0 Å². The molecule has 1 atom stereocenters. The van der Waals surface area contributed by atoms with Crippen LogP contribution in [0.4, 0.5) is 5.69 Å². The Labute approximate surface area is 136 Å². The normalized spacial score (nSPS) is 19.1. The topological polar surface area (TPSA) is 55.6 Å². The number of halogens is 1. The second-order valence-corrected chi connectivity index (χ2v) is 7.12. The van der Waals surface area contributed by atoms with Crippen molar-refractivity contribution in [3.05, 3.63) is 27.5 Å². The van der Waals surface area contributed by atoms with Gasteiger partial charge >= 0.3 is 0 Å². The largest absolute Gasteiger partial charge is 0.397 e. The van der Waals surface area contributed by atoms with Gasteiger partial charge in [0.15, 0.2) is 0 Å². The van der Waals surface area contributed by atoms with Gasteiger partial charge in [-0.05, 0) is 25.0 Å². The Hall–Kier alpha value is -1.11. The van der Waals surface area contributed by atoms with Crippen LogP contribution in [-0.2, 0) is 4.74 Å². The first-order valence-corrected chi connectivity index (χ1v) is 8.51. The molecule has 2 heterocycles. The fourth-order valence-electron chi connectivity index (χ4n) is 2.75. The molecule has 2 aromatic rings. The summed E-state index contributed by atoms with van der Waals surface area (Å²) in [7, 11) is 1.70. The monoisotopic (exact) mass is 368 g/mol. The number of carbonyl (C=O) groups is 1. The van der Waals surface area contributed by atoms with Crippen LogP contribution in [0.3, 0.4) is 0 Å². The van der Waals surface area contributed by atoms with Crippen molar-refractivity contribution in [3.63, 3.8) is 0 Å². The quantitative estimate of drug-likeness (QED) is 0.882. The highest BCUT2D eigenvalue weighted by Gasteiger charge is 2.27. The number of ether oxygens (including phenoxy) is 1. The molecular formula is C15H17BrN2O2S. The molecule has 1 aromatic heterocycles. The third-order valence-electron chi connectivity index (χ3n) is 3.89. The van der Waals surface area contributed by atoms with Crippen molar-refractivity contribution in [3.8, 4) is 0 Å². The van der Waals surface area contributed by atoms with Gasteiger partial charge in [-0.1, -0.05) is 22.0 Å². The van der Waals surface area contributed by atoms with Crippen molar-refractivity contribution < 1.29 is 9.53 Å². The van der Waals surface area contributed by atoms with Crippen LogP contribution in [0.5, 0.6) is 0 Å². The number of rotatable bonds is 2. The molecule has 0 saturated carbocycles. The molecular weight excluding hydrogens is 352 g/mol. The zero-order chi connectivity index (χ0) is 15.0. The number of amides is 1. The fraction of sp³-hybridized carbons (Fsp3) is 0.400. The molecule has 6 heteroatoms. The Morgan fingerprint density at radius 1 is 1.52 bits per heavy atom. The van der Waals surface area contributed by atoms with Crippen LogP contribution in [0.2, 0.25) is 0 Å². The highest BCUT2D eigenvalue weighted by atomic mass is 79.9. The average molecular weight is 369 g/mol. The van der Waals surface area contributed by atoms with Gasteiger partial charge in [-0.3, -0.25) is 4.79 Å². The minimum absolute atomic E-state index is 0.0161. The maximum absolute atomic E-state index is 12.7. The summed E-state index contributed by atoms with van der Waals surface area (Å²) in [5, 5.41) is 0.936. The van der Waals surface area contributed by atoms with Crippen molar-refractivity contribution in [1.29, 1.82) is 0 Å². The van der Waals surface area contributed by atoms with Gasteiger partial charge in [-0.15, -0.1) is 11.3 Å². The number of hydrogen-bond acceptors (Lipinski definition) is 4. The van der Waals surface area contributed by atoms with Gasteiger partial charge in [0, 0.05) is 34.8 Å². The van der Waals surface area contributed by atoms with Crippen LogP contribution in [0.1, 0.15) is 22.5 Å². The number of nitrogen functional groups attached to an aromatic ring is 1. The summed E-state index contributed by atoms with van der Waals surface area (Å²) in [6, 6.07) is 5.89. The number of fused-ring (bicyclic) bond motifs is 1. The average Bonchev–Trinajstić information content (AvgIpc) is 2.85. The van der Waals surface area contributed by atoms with Gasteiger partial charge in [0.1, 0.15) is 4.88 Å². The zero-order valence-corrected chi connectivity index (χ0v) is 14.2. The smallest absolute Gasteiger partial charge is 0.266 e.